The number of carbonyl (C=O) groups excluding carboxylic acids is 1. The Morgan fingerprint density at radius 3 is 2.47 bits per heavy atom. The molecule has 0 heterocycles. The molecule has 5 heteroatoms. The molecule has 1 aromatic carbocycles. The van der Waals surface area contributed by atoms with Crippen LogP contribution >= 0.6 is 0 Å². The van der Waals surface area contributed by atoms with Gasteiger partial charge in [-0.3, -0.25) is 4.79 Å². The molecule has 4 nitrogen and oxygen atoms in total. The molecule has 0 aliphatic heterocycles. The van der Waals surface area contributed by atoms with Crippen LogP contribution in [-0.2, 0) is 9.59 Å². The Morgan fingerprint density at radius 1 is 1.27 bits per heavy atom. The highest BCUT2D eigenvalue weighted by molar-refractivity contribution is 6.38. The Hall–Kier alpha value is -2.17. The highest BCUT2D eigenvalue weighted by atomic mass is 19.1. The predicted octanol–water partition coefficient (Wildman–Crippen LogP) is 1.20. The summed E-state index contributed by atoms with van der Waals surface area (Å²) in [5, 5.41) is 17.2. The van der Waals surface area contributed by atoms with Crippen molar-refractivity contribution in [3.05, 3.63) is 35.7 Å². The van der Waals surface area contributed by atoms with E-state index in [0.717, 1.165) is 24.3 Å². The minimum absolute atomic E-state index is 0.210. The first-order valence-electron chi connectivity index (χ1n) is 3.94. The molecule has 2 N–H and O–H groups in total. The second-order valence-corrected chi connectivity index (χ2v) is 2.75. The van der Waals surface area contributed by atoms with Crippen molar-refractivity contribution in [1.29, 1.82) is 0 Å². The number of hydrogen-bond acceptors (Lipinski definition) is 3. The van der Waals surface area contributed by atoms with Gasteiger partial charge in [0.2, 0.25) is 0 Å². The molecule has 0 saturated carbocycles. The van der Waals surface area contributed by atoms with Crippen molar-refractivity contribution in [2.45, 2.75) is 0 Å². The topological polar surface area (TPSA) is 74.6 Å². The molecule has 0 spiro atoms. The summed E-state index contributed by atoms with van der Waals surface area (Å²) < 4.78 is 12.7. The number of rotatable bonds is 3. The Bertz CT molecular complexity index is 417. The minimum atomic E-state index is -1.59. The van der Waals surface area contributed by atoms with Crippen LogP contribution in [0.1, 0.15) is 5.56 Å². The minimum Gasteiger partial charge on any atom is -0.508 e. The Balaban J connectivity index is 2.89. The lowest BCUT2D eigenvalue weighted by Gasteiger charge is -1.95. The van der Waals surface area contributed by atoms with Crippen LogP contribution in [0, 0.1) is 5.82 Å². The van der Waals surface area contributed by atoms with E-state index < -0.39 is 17.6 Å². The quantitative estimate of drug-likeness (QED) is 0.580. The molecular formula is C10H7FO4. The molecule has 0 atom stereocenters. The average Bonchev–Trinajstić information content (AvgIpc) is 2.12. The maximum absolute atomic E-state index is 12.7. The third-order valence-corrected chi connectivity index (χ3v) is 1.54. The standard InChI is InChI=1S/C10H7FO4/c11-7-3-6(4-8(12)5-7)1-2-9(13)10(14)15/h1-5,12H,(H,14,15)/b2-1+. The van der Waals surface area contributed by atoms with Gasteiger partial charge in [-0.25, -0.2) is 9.18 Å². The largest absolute Gasteiger partial charge is 0.508 e. The average molecular weight is 210 g/mol. The van der Waals surface area contributed by atoms with Crippen molar-refractivity contribution in [2.75, 3.05) is 0 Å². The Labute approximate surface area is 84.3 Å². The molecular weight excluding hydrogens is 203 g/mol. The number of aliphatic carboxylic acids is 1. The van der Waals surface area contributed by atoms with E-state index in [1.807, 2.05) is 0 Å². The summed E-state index contributed by atoms with van der Waals surface area (Å²) in [5.41, 5.74) is 0.210. The number of benzene rings is 1. The zero-order valence-corrected chi connectivity index (χ0v) is 7.48. The summed E-state index contributed by atoms with van der Waals surface area (Å²) in [7, 11) is 0. The van der Waals surface area contributed by atoms with Gasteiger partial charge in [0.15, 0.2) is 0 Å². The SMILES string of the molecule is O=C(O)C(=O)/C=C/c1cc(O)cc(F)c1. The Kier molecular flexibility index (Phi) is 3.17. The number of aromatic hydroxyl groups is 1. The van der Waals surface area contributed by atoms with Gasteiger partial charge >= 0.3 is 5.97 Å². The van der Waals surface area contributed by atoms with Crippen LogP contribution in [0.25, 0.3) is 6.08 Å². The lowest BCUT2D eigenvalue weighted by Crippen LogP contribution is -2.08. The number of halogens is 1. The van der Waals surface area contributed by atoms with E-state index in [1.165, 1.54) is 6.07 Å². The molecule has 0 fully saturated rings. The van der Waals surface area contributed by atoms with Crippen LogP contribution in [0.15, 0.2) is 24.3 Å². The molecule has 0 unspecified atom stereocenters. The number of hydrogen-bond donors (Lipinski definition) is 2. The van der Waals surface area contributed by atoms with Crippen LogP contribution in [0.2, 0.25) is 0 Å². The molecule has 0 aliphatic carbocycles. The van der Waals surface area contributed by atoms with Crippen LogP contribution in [0.4, 0.5) is 4.39 Å². The summed E-state index contributed by atoms with van der Waals surface area (Å²) >= 11 is 0. The summed E-state index contributed by atoms with van der Waals surface area (Å²) in [6.07, 6.45) is 1.90. The molecule has 1 rings (SSSR count). The first-order valence-corrected chi connectivity index (χ1v) is 3.94. The van der Waals surface area contributed by atoms with Gasteiger partial charge in [-0.15, -0.1) is 0 Å². The van der Waals surface area contributed by atoms with Crippen LogP contribution < -0.4 is 0 Å². The normalized spacial score (nSPS) is 10.5. The maximum Gasteiger partial charge on any atom is 0.376 e. The molecule has 0 radical (unpaired) electrons. The second-order valence-electron chi connectivity index (χ2n) is 2.75. The van der Waals surface area contributed by atoms with Gasteiger partial charge in [0.1, 0.15) is 11.6 Å². The van der Waals surface area contributed by atoms with Gasteiger partial charge in [-0.2, -0.15) is 0 Å². The van der Waals surface area contributed by atoms with Crippen molar-refractivity contribution in [3.63, 3.8) is 0 Å². The van der Waals surface area contributed by atoms with Crippen molar-refractivity contribution in [1.82, 2.24) is 0 Å². The molecule has 1 aromatic rings. The fourth-order valence-electron chi connectivity index (χ4n) is 0.936. The van der Waals surface area contributed by atoms with Crippen molar-refractivity contribution >= 4 is 17.8 Å². The number of phenols is 1. The van der Waals surface area contributed by atoms with E-state index in [4.69, 9.17) is 10.2 Å². The maximum atomic E-state index is 12.7. The Morgan fingerprint density at radius 2 is 1.93 bits per heavy atom. The summed E-state index contributed by atoms with van der Waals surface area (Å²) in [5.74, 6) is -3.67. The van der Waals surface area contributed by atoms with E-state index in [9.17, 15) is 14.0 Å². The van der Waals surface area contributed by atoms with Gasteiger partial charge in [0.25, 0.3) is 5.78 Å². The van der Waals surface area contributed by atoms with E-state index >= 15 is 0 Å². The van der Waals surface area contributed by atoms with Gasteiger partial charge in [0.05, 0.1) is 0 Å². The van der Waals surface area contributed by atoms with Crippen LogP contribution in [0.3, 0.4) is 0 Å². The van der Waals surface area contributed by atoms with Gasteiger partial charge in [-0.1, -0.05) is 6.08 Å². The van der Waals surface area contributed by atoms with Crippen molar-refractivity contribution < 1.29 is 24.2 Å². The van der Waals surface area contributed by atoms with Gasteiger partial charge in [0, 0.05) is 6.07 Å². The van der Waals surface area contributed by atoms with Crippen molar-refractivity contribution in [3.8, 4) is 5.75 Å². The number of carboxylic acids is 1. The lowest BCUT2D eigenvalue weighted by atomic mass is 10.2. The predicted molar refractivity (Wildman–Crippen MR) is 49.7 cm³/mol. The molecule has 15 heavy (non-hydrogen) atoms. The number of phenolic OH excluding ortho intramolecular Hbond substituents is 1. The molecule has 78 valence electrons. The molecule has 0 saturated heterocycles. The van der Waals surface area contributed by atoms with E-state index in [1.54, 1.807) is 0 Å². The van der Waals surface area contributed by atoms with Gasteiger partial charge < -0.3 is 10.2 Å². The highest BCUT2D eigenvalue weighted by Crippen LogP contribution is 2.15. The fraction of sp³-hybridized carbons (Fsp3) is 0. The smallest absolute Gasteiger partial charge is 0.376 e. The van der Waals surface area contributed by atoms with Gasteiger partial charge in [-0.05, 0) is 23.8 Å². The molecule has 0 aromatic heterocycles. The molecule has 0 aliphatic rings. The third kappa shape index (κ3) is 3.22. The van der Waals surface area contributed by atoms with Crippen molar-refractivity contribution in [2.24, 2.45) is 0 Å². The van der Waals surface area contributed by atoms with E-state index in [2.05, 4.69) is 0 Å². The second kappa shape index (κ2) is 4.36. The first-order chi connectivity index (χ1) is 6.99. The van der Waals surface area contributed by atoms with Crippen LogP contribution in [0.5, 0.6) is 5.75 Å². The number of ketones is 1. The fourth-order valence-corrected chi connectivity index (χ4v) is 0.936. The van der Waals surface area contributed by atoms with E-state index in [0.29, 0.717) is 0 Å². The third-order valence-electron chi connectivity index (χ3n) is 1.54. The molecule has 0 amide bonds. The highest BCUT2D eigenvalue weighted by Gasteiger charge is 2.05. The first kappa shape index (κ1) is 10.9. The zero-order valence-electron chi connectivity index (χ0n) is 7.48. The molecule has 0 bridgehead atoms. The number of carbonyl (C=O) groups is 2. The summed E-state index contributed by atoms with van der Waals surface area (Å²) in [6.45, 7) is 0. The monoisotopic (exact) mass is 210 g/mol. The number of carboxylic acid groups (broad SMARTS) is 1. The zero-order chi connectivity index (χ0) is 11.4. The lowest BCUT2D eigenvalue weighted by molar-refractivity contribution is -0.146. The van der Waals surface area contributed by atoms with E-state index in [-0.39, 0.29) is 11.3 Å². The van der Waals surface area contributed by atoms with Crippen LogP contribution in [-0.4, -0.2) is 22.0 Å². The summed E-state index contributed by atoms with van der Waals surface area (Å²) in [6, 6.07) is 3.16. The summed E-state index contributed by atoms with van der Waals surface area (Å²) in [4.78, 5) is 20.8.